The fourth-order valence-corrected chi connectivity index (χ4v) is 3.55. The molecule has 0 bridgehead atoms. The number of nitrogens with two attached hydrogens (primary N) is 1. The zero-order valence-electron chi connectivity index (χ0n) is 15.7. The molecule has 0 aliphatic carbocycles. The Kier molecular flexibility index (Phi) is 7.89. The van der Waals surface area contributed by atoms with Gasteiger partial charge in [0.15, 0.2) is 0 Å². The number of aliphatic hydroxyl groups excluding tert-OH is 3. The fourth-order valence-electron chi connectivity index (χ4n) is 2.73. The topological polar surface area (TPSA) is 98.7 Å². The van der Waals surface area contributed by atoms with Crippen LogP contribution in [0.5, 0.6) is 0 Å². The van der Waals surface area contributed by atoms with E-state index in [0.29, 0.717) is 5.56 Å². The number of rotatable bonds is 9. The van der Waals surface area contributed by atoms with Crippen molar-refractivity contribution in [3.8, 4) is 0 Å². The van der Waals surface area contributed by atoms with Crippen LogP contribution in [0.4, 0.5) is 0 Å². The summed E-state index contributed by atoms with van der Waals surface area (Å²) in [6.07, 6.45) is 1.29. The number of benzene rings is 2. The van der Waals surface area contributed by atoms with Gasteiger partial charge in [-0.3, -0.25) is 0 Å². The monoisotopic (exact) mass is 388 g/mol. The van der Waals surface area contributed by atoms with Crippen LogP contribution in [-0.2, 0) is 0 Å². The van der Waals surface area contributed by atoms with Crippen LogP contribution in [0, 0.1) is 0 Å². The number of hydrogen-bond acceptors (Lipinski definition) is 6. The van der Waals surface area contributed by atoms with Gasteiger partial charge in [-0.15, -0.1) is 0 Å². The van der Waals surface area contributed by atoms with Crippen LogP contribution in [0.1, 0.15) is 30.6 Å². The van der Waals surface area contributed by atoms with Crippen molar-refractivity contribution in [1.82, 2.24) is 5.32 Å². The van der Waals surface area contributed by atoms with Gasteiger partial charge >= 0.3 is 0 Å². The molecule has 5 nitrogen and oxygen atoms in total. The predicted octanol–water partition coefficient (Wildman–Crippen LogP) is 2.52. The van der Waals surface area contributed by atoms with Gasteiger partial charge < -0.3 is 26.4 Å². The minimum Gasteiger partial charge on any atom is -0.394 e. The van der Waals surface area contributed by atoms with E-state index >= 15 is 0 Å². The van der Waals surface area contributed by atoms with Gasteiger partial charge in [0.1, 0.15) is 0 Å². The van der Waals surface area contributed by atoms with Crippen LogP contribution < -0.4 is 11.1 Å². The molecule has 0 fully saturated rings. The first-order chi connectivity index (χ1) is 12.9. The lowest BCUT2D eigenvalue weighted by molar-refractivity contribution is 0.0618. The van der Waals surface area contributed by atoms with Crippen LogP contribution >= 0.6 is 11.8 Å². The largest absolute Gasteiger partial charge is 0.394 e. The van der Waals surface area contributed by atoms with Gasteiger partial charge in [0.25, 0.3) is 0 Å². The smallest absolute Gasteiger partial charge is 0.0809 e. The standard InChI is InChI=1S/C21H28N2O3S/c1-3-19(23-2)15-4-8-17(9-5-15)27-18-10-6-16(7-11-18)20(26)12-21(22,13-24)14-25/h3-11,20,23-26H,12-14,22H2,1-2H3/b19-3-. The van der Waals surface area contributed by atoms with E-state index in [9.17, 15) is 15.3 Å². The number of hydrogen-bond donors (Lipinski definition) is 5. The Labute approximate surface area is 164 Å². The maximum Gasteiger partial charge on any atom is 0.0809 e. The Balaban J connectivity index is 2.03. The minimum absolute atomic E-state index is 0.0900. The van der Waals surface area contributed by atoms with E-state index in [2.05, 4.69) is 29.6 Å². The maximum atomic E-state index is 10.3. The van der Waals surface area contributed by atoms with Crippen LogP contribution in [-0.4, -0.2) is 41.1 Å². The summed E-state index contributed by atoms with van der Waals surface area (Å²) in [6, 6.07) is 15.9. The summed E-state index contributed by atoms with van der Waals surface area (Å²) in [6.45, 7) is 1.24. The van der Waals surface area contributed by atoms with Crippen molar-refractivity contribution >= 4 is 17.5 Å². The highest BCUT2D eigenvalue weighted by Gasteiger charge is 2.27. The first-order valence-corrected chi connectivity index (χ1v) is 9.67. The van der Waals surface area contributed by atoms with Gasteiger partial charge in [0.2, 0.25) is 0 Å². The lowest BCUT2D eigenvalue weighted by Crippen LogP contribution is -2.48. The Morgan fingerprint density at radius 3 is 2.04 bits per heavy atom. The molecule has 6 N–H and O–H groups in total. The van der Waals surface area contributed by atoms with Crippen LogP contribution in [0.25, 0.3) is 5.70 Å². The summed E-state index contributed by atoms with van der Waals surface area (Å²) >= 11 is 1.64. The highest BCUT2D eigenvalue weighted by Crippen LogP contribution is 2.30. The fraction of sp³-hybridized carbons (Fsp3) is 0.333. The third-order valence-corrected chi connectivity index (χ3v) is 5.47. The van der Waals surface area contributed by atoms with Crippen molar-refractivity contribution < 1.29 is 15.3 Å². The molecule has 0 aliphatic heterocycles. The number of aliphatic hydroxyl groups is 3. The molecule has 0 aliphatic rings. The SMILES string of the molecule is C/C=C(\NC)c1ccc(Sc2ccc(C(O)CC(N)(CO)CO)cc2)cc1. The molecule has 6 heteroatoms. The number of allylic oxidation sites excluding steroid dienone is 1. The van der Waals surface area contributed by atoms with E-state index in [-0.39, 0.29) is 19.6 Å². The van der Waals surface area contributed by atoms with Crippen LogP contribution in [0.15, 0.2) is 64.4 Å². The summed E-state index contributed by atoms with van der Waals surface area (Å²) in [5.74, 6) is 0. The van der Waals surface area contributed by atoms with Gasteiger partial charge in [0, 0.05) is 22.5 Å². The van der Waals surface area contributed by atoms with E-state index in [1.165, 1.54) is 0 Å². The molecule has 1 atom stereocenters. The summed E-state index contributed by atoms with van der Waals surface area (Å²) in [7, 11) is 1.91. The molecule has 2 aromatic rings. The van der Waals surface area contributed by atoms with Crippen molar-refractivity contribution in [2.45, 2.75) is 34.8 Å². The average molecular weight is 389 g/mol. The molecule has 146 valence electrons. The third kappa shape index (κ3) is 5.82. The average Bonchev–Trinajstić information content (AvgIpc) is 2.70. The van der Waals surface area contributed by atoms with Gasteiger partial charge in [-0.1, -0.05) is 42.1 Å². The van der Waals surface area contributed by atoms with Crippen LogP contribution in [0.3, 0.4) is 0 Å². The highest BCUT2D eigenvalue weighted by atomic mass is 32.2. The third-order valence-electron chi connectivity index (χ3n) is 4.45. The van der Waals surface area contributed by atoms with Crippen LogP contribution in [0.2, 0.25) is 0 Å². The quantitative estimate of drug-likeness (QED) is 0.453. The predicted molar refractivity (Wildman–Crippen MR) is 110 cm³/mol. The van der Waals surface area contributed by atoms with Crippen molar-refractivity contribution in [2.24, 2.45) is 5.73 Å². The lowest BCUT2D eigenvalue weighted by Gasteiger charge is -2.27. The Morgan fingerprint density at radius 2 is 1.59 bits per heavy atom. The summed E-state index contributed by atoms with van der Waals surface area (Å²) in [5.41, 5.74) is 7.60. The van der Waals surface area contributed by atoms with Crippen molar-refractivity contribution in [3.05, 3.63) is 65.7 Å². The van der Waals surface area contributed by atoms with E-state index in [4.69, 9.17) is 5.73 Å². The number of nitrogens with one attached hydrogen (secondary N) is 1. The Morgan fingerprint density at radius 1 is 1.07 bits per heavy atom. The van der Waals surface area contributed by atoms with Crippen molar-refractivity contribution in [2.75, 3.05) is 20.3 Å². The minimum atomic E-state index is -1.19. The summed E-state index contributed by atoms with van der Waals surface area (Å²) in [5, 5.41) is 32.0. The van der Waals surface area contributed by atoms with E-state index in [0.717, 1.165) is 21.1 Å². The second-order valence-electron chi connectivity index (χ2n) is 6.55. The molecule has 0 aromatic heterocycles. The molecule has 0 radical (unpaired) electrons. The molecular weight excluding hydrogens is 360 g/mol. The Bertz CT molecular complexity index is 741. The van der Waals surface area contributed by atoms with Gasteiger partial charge in [0.05, 0.1) is 24.9 Å². The molecule has 2 aromatic carbocycles. The molecule has 0 amide bonds. The normalized spacial score (nSPS) is 13.5. The molecule has 2 rings (SSSR count). The second kappa shape index (κ2) is 9.92. The van der Waals surface area contributed by atoms with Gasteiger partial charge in [-0.05, 0) is 48.7 Å². The summed E-state index contributed by atoms with van der Waals surface area (Å²) in [4.78, 5) is 2.18. The van der Waals surface area contributed by atoms with E-state index in [1.54, 1.807) is 11.8 Å². The second-order valence-corrected chi connectivity index (χ2v) is 7.69. The molecule has 1 unspecified atom stereocenters. The summed E-state index contributed by atoms with van der Waals surface area (Å²) < 4.78 is 0. The molecule has 0 saturated heterocycles. The van der Waals surface area contributed by atoms with Crippen molar-refractivity contribution in [1.29, 1.82) is 0 Å². The molecule has 27 heavy (non-hydrogen) atoms. The van der Waals surface area contributed by atoms with Gasteiger partial charge in [-0.2, -0.15) is 0 Å². The zero-order valence-corrected chi connectivity index (χ0v) is 16.5. The molecular formula is C21H28N2O3S. The molecule has 0 heterocycles. The van der Waals surface area contributed by atoms with Crippen molar-refractivity contribution in [3.63, 3.8) is 0 Å². The molecule has 0 spiro atoms. The highest BCUT2D eigenvalue weighted by molar-refractivity contribution is 7.99. The van der Waals surface area contributed by atoms with Gasteiger partial charge in [-0.25, -0.2) is 0 Å². The molecule has 0 saturated carbocycles. The van der Waals surface area contributed by atoms with E-state index in [1.807, 2.05) is 44.3 Å². The zero-order chi connectivity index (χ0) is 19.9. The lowest BCUT2D eigenvalue weighted by atomic mass is 9.92. The Hall–Kier alpha value is -1.83. The first-order valence-electron chi connectivity index (χ1n) is 8.85. The van der Waals surface area contributed by atoms with E-state index < -0.39 is 11.6 Å². The maximum absolute atomic E-state index is 10.3. The first kappa shape index (κ1) is 21.5.